The van der Waals surface area contributed by atoms with Gasteiger partial charge in [-0.05, 0) is 44.2 Å². The number of piperidine rings is 1. The molecule has 0 aromatic carbocycles. The van der Waals surface area contributed by atoms with Crippen LogP contribution in [-0.4, -0.2) is 65.9 Å². The zero-order valence-electron chi connectivity index (χ0n) is 16.5. The van der Waals surface area contributed by atoms with Gasteiger partial charge in [0, 0.05) is 25.8 Å². The Morgan fingerprint density at radius 3 is 2.69 bits per heavy atom. The van der Waals surface area contributed by atoms with Crippen LogP contribution in [0.3, 0.4) is 0 Å². The highest BCUT2D eigenvalue weighted by Gasteiger charge is 2.41. The molecule has 10 heteroatoms. The zero-order chi connectivity index (χ0) is 21.0. The van der Waals surface area contributed by atoms with E-state index in [1.165, 1.54) is 10.5 Å². The fourth-order valence-corrected chi connectivity index (χ4v) is 5.83. The number of rotatable bonds is 6. The van der Waals surface area contributed by atoms with E-state index in [2.05, 4.69) is 10.3 Å². The molecule has 3 rings (SSSR count). The number of nitrogens with one attached hydrogen (secondary N) is 1. The number of sulfonamides is 1. The summed E-state index contributed by atoms with van der Waals surface area (Å²) < 4.78 is 26.4. The van der Waals surface area contributed by atoms with Crippen molar-refractivity contribution in [3.63, 3.8) is 0 Å². The molecule has 0 aliphatic carbocycles. The van der Waals surface area contributed by atoms with Gasteiger partial charge in [0.2, 0.25) is 21.8 Å². The maximum absolute atomic E-state index is 13.1. The maximum Gasteiger partial charge on any atom is 0.241 e. The number of hydrogen-bond donors (Lipinski definition) is 1. The molecule has 1 N–H and O–H groups in total. The van der Waals surface area contributed by atoms with Gasteiger partial charge < -0.3 is 10.2 Å². The van der Waals surface area contributed by atoms with Crippen molar-refractivity contribution in [3.05, 3.63) is 23.4 Å². The maximum atomic E-state index is 13.1. The van der Waals surface area contributed by atoms with Gasteiger partial charge in [0.1, 0.15) is 11.9 Å². The third kappa shape index (κ3) is 5.26. The van der Waals surface area contributed by atoms with E-state index in [0.717, 1.165) is 0 Å². The molecule has 0 radical (unpaired) electrons. The topological polar surface area (TPSA) is 99.7 Å². The van der Waals surface area contributed by atoms with Gasteiger partial charge in [0.25, 0.3) is 0 Å². The van der Waals surface area contributed by atoms with Crippen LogP contribution in [0.5, 0.6) is 0 Å². The molecule has 2 aliphatic rings. The molecular formula is C19H27ClN4O4S. The van der Waals surface area contributed by atoms with Gasteiger partial charge in [0.15, 0.2) is 0 Å². The first kappa shape index (κ1) is 22.0. The van der Waals surface area contributed by atoms with Gasteiger partial charge in [-0.15, -0.1) is 0 Å². The van der Waals surface area contributed by atoms with Gasteiger partial charge >= 0.3 is 0 Å². The summed E-state index contributed by atoms with van der Waals surface area (Å²) in [6.45, 7) is 3.03. The summed E-state index contributed by atoms with van der Waals surface area (Å²) in [5, 5.41) is 3.25. The standard InChI is InChI=1S/C19H27ClN4O4S/c1-2-11-29(27,28)24-10-4-6-16(24)19(26)23-9-3-5-14(13-23)18(25)22-17-8-7-15(20)12-21-17/h7-8,12,14,16H,2-6,9-11,13H2,1H3,(H,21,22,25). The summed E-state index contributed by atoms with van der Waals surface area (Å²) in [4.78, 5) is 31.4. The number of nitrogens with zero attached hydrogens (tertiary/aromatic N) is 3. The molecule has 160 valence electrons. The fourth-order valence-electron chi connectivity index (χ4n) is 3.98. The zero-order valence-corrected chi connectivity index (χ0v) is 18.1. The Labute approximate surface area is 176 Å². The minimum atomic E-state index is -3.43. The van der Waals surface area contributed by atoms with Crippen LogP contribution in [0.2, 0.25) is 5.02 Å². The Hall–Kier alpha value is -1.71. The molecular weight excluding hydrogens is 416 g/mol. The van der Waals surface area contributed by atoms with Gasteiger partial charge in [-0.1, -0.05) is 18.5 Å². The first-order chi connectivity index (χ1) is 13.8. The lowest BCUT2D eigenvalue weighted by Crippen LogP contribution is -2.52. The number of halogens is 1. The van der Waals surface area contributed by atoms with E-state index in [9.17, 15) is 18.0 Å². The number of likely N-dealkylation sites (tertiary alicyclic amines) is 1. The average molecular weight is 443 g/mol. The van der Waals surface area contributed by atoms with E-state index >= 15 is 0 Å². The Bertz CT molecular complexity index is 846. The van der Waals surface area contributed by atoms with E-state index in [4.69, 9.17) is 11.6 Å². The molecule has 2 saturated heterocycles. The van der Waals surface area contributed by atoms with Crippen LogP contribution in [0.4, 0.5) is 5.82 Å². The first-order valence-electron chi connectivity index (χ1n) is 10.0. The van der Waals surface area contributed by atoms with Gasteiger partial charge in [-0.3, -0.25) is 9.59 Å². The highest BCUT2D eigenvalue weighted by Crippen LogP contribution is 2.26. The lowest BCUT2D eigenvalue weighted by molar-refractivity contribution is -0.137. The predicted octanol–water partition coefficient (Wildman–Crippen LogP) is 2.12. The second kappa shape index (κ2) is 9.40. The van der Waals surface area contributed by atoms with Crippen LogP contribution < -0.4 is 5.32 Å². The van der Waals surface area contributed by atoms with Crippen LogP contribution >= 0.6 is 11.6 Å². The Balaban J connectivity index is 1.64. The largest absolute Gasteiger partial charge is 0.341 e. The quantitative estimate of drug-likeness (QED) is 0.727. The Morgan fingerprint density at radius 2 is 2.00 bits per heavy atom. The second-order valence-electron chi connectivity index (χ2n) is 7.56. The number of amides is 2. The third-order valence-corrected chi connectivity index (χ3v) is 7.69. The van der Waals surface area contributed by atoms with E-state index in [0.29, 0.717) is 56.0 Å². The van der Waals surface area contributed by atoms with E-state index in [-0.39, 0.29) is 30.0 Å². The summed E-state index contributed by atoms with van der Waals surface area (Å²) in [6, 6.07) is 2.62. The SMILES string of the molecule is CCCS(=O)(=O)N1CCCC1C(=O)N1CCCC(C(=O)Nc2ccc(Cl)cn2)C1. The van der Waals surface area contributed by atoms with Crippen molar-refractivity contribution in [1.82, 2.24) is 14.2 Å². The highest BCUT2D eigenvalue weighted by molar-refractivity contribution is 7.89. The summed E-state index contributed by atoms with van der Waals surface area (Å²) in [6.07, 6.45) is 4.56. The van der Waals surface area contributed by atoms with Crippen LogP contribution in [0.15, 0.2) is 18.3 Å². The molecule has 1 aromatic heterocycles. The molecule has 8 nitrogen and oxygen atoms in total. The number of hydrogen-bond acceptors (Lipinski definition) is 5. The molecule has 2 atom stereocenters. The van der Waals surface area contributed by atoms with Crippen LogP contribution in [0.1, 0.15) is 39.0 Å². The summed E-state index contributed by atoms with van der Waals surface area (Å²) >= 11 is 5.81. The molecule has 2 aliphatic heterocycles. The molecule has 29 heavy (non-hydrogen) atoms. The average Bonchev–Trinajstić information content (AvgIpc) is 3.20. The van der Waals surface area contributed by atoms with Gasteiger partial charge in [-0.2, -0.15) is 4.31 Å². The van der Waals surface area contributed by atoms with Crippen LogP contribution in [0, 0.1) is 5.92 Å². The molecule has 2 fully saturated rings. The van der Waals surface area contributed by atoms with Crippen molar-refractivity contribution >= 4 is 39.3 Å². The number of anilines is 1. The smallest absolute Gasteiger partial charge is 0.241 e. The van der Waals surface area contributed by atoms with Crippen LogP contribution in [0.25, 0.3) is 0 Å². The van der Waals surface area contributed by atoms with Gasteiger partial charge in [-0.25, -0.2) is 13.4 Å². The number of carbonyl (C=O) groups is 2. The monoisotopic (exact) mass is 442 g/mol. The second-order valence-corrected chi connectivity index (χ2v) is 10.0. The summed E-state index contributed by atoms with van der Waals surface area (Å²) in [5.41, 5.74) is 0. The molecule has 2 unspecified atom stereocenters. The molecule has 0 bridgehead atoms. The fraction of sp³-hybridized carbons (Fsp3) is 0.632. The third-order valence-electron chi connectivity index (χ3n) is 5.39. The van der Waals surface area contributed by atoms with Crippen molar-refractivity contribution in [2.24, 2.45) is 5.92 Å². The molecule has 2 amide bonds. The van der Waals surface area contributed by atoms with E-state index in [1.807, 2.05) is 6.92 Å². The van der Waals surface area contributed by atoms with Crippen molar-refractivity contribution in [2.75, 3.05) is 30.7 Å². The predicted molar refractivity (Wildman–Crippen MR) is 111 cm³/mol. The summed E-state index contributed by atoms with van der Waals surface area (Å²) in [5.74, 6) is -0.276. The van der Waals surface area contributed by atoms with Gasteiger partial charge in [0.05, 0.1) is 16.7 Å². The molecule has 3 heterocycles. The van der Waals surface area contributed by atoms with Crippen molar-refractivity contribution < 1.29 is 18.0 Å². The minimum Gasteiger partial charge on any atom is -0.341 e. The molecule has 0 spiro atoms. The number of pyridine rings is 1. The first-order valence-corrected chi connectivity index (χ1v) is 12.0. The number of carbonyl (C=O) groups excluding carboxylic acids is 2. The normalized spacial score (nSPS) is 23.2. The highest BCUT2D eigenvalue weighted by atomic mass is 35.5. The number of aromatic nitrogens is 1. The molecule has 0 saturated carbocycles. The Morgan fingerprint density at radius 1 is 1.24 bits per heavy atom. The summed E-state index contributed by atoms with van der Waals surface area (Å²) in [7, 11) is -3.43. The Kier molecular flexibility index (Phi) is 7.13. The van der Waals surface area contributed by atoms with Crippen molar-refractivity contribution in [3.8, 4) is 0 Å². The van der Waals surface area contributed by atoms with Crippen LogP contribution in [-0.2, 0) is 19.6 Å². The van der Waals surface area contributed by atoms with E-state index in [1.54, 1.807) is 17.0 Å². The molecule has 1 aromatic rings. The minimum absolute atomic E-state index is 0.0515. The van der Waals surface area contributed by atoms with Crippen molar-refractivity contribution in [1.29, 1.82) is 0 Å². The van der Waals surface area contributed by atoms with E-state index < -0.39 is 16.1 Å². The van der Waals surface area contributed by atoms with Crippen molar-refractivity contribution in [2.45, 2.75) is 45.1 Å². The lowest BCUT2D eigenvalue weighted by atomic mass is 9.96. The lowest BCUT2D eigenvalue weighted by Gasteiger charge is -2.35.